The van der Waals surface area contributed by atoms with E-state index in [1.807, 2.05) is 16.7 Å². The predicted octanol–water partition coefficient (Wildman–Crippen LogP) is 2.49. The molecule has 33 heavy (non-hydrogen) atoms. The number of rotatable bonds is 9. The molecule has 0 spiro atoms. The van der Waals surface area contributed by atoms with Crippen molar-refractivity contribution in [2.75, 3.05) is 48.9 Å². The molecular formula is C22H27ClN4O5S. The van der Waals surface area contributed by atoms with Crippen LogP contribution in [0.25, 0.3) is 0 Å². The van der Waals surface area contributed by atoms with Crippen LogP contribution in [0, 0.1) is 0 Å². The van der Waals surface area contributed by atoms with Gasteiger partial charge in [0.25, 0.3) is 10.0 Å². The molecular weight excluding hydrogens is 468 g/mol. The molecule has 1 aliphatic rings. The van der Waals surface area contributed by atoms with Gasteiger partial charge in [-0.2, -0.15) is 0 Å². The minimum Gasteiger partial charge on any atom is -0.478 e. The van der Waals surface area contributed by atoms with Crippen molar-refractivity contribution in [1.82, 2.24) is 10.2 Å². The van der Waals surface area contributed by atoms with E-state index in [-0.39, 0.29) is 27.1 Å². The molecule has 0 aromatic heterocycles. The van der Waals surface area contributed by atoms with Crippen molar-refractivity contribution < 1.29 is 23.1 Å². The molecule has 3 rings (SSSR count). The number of aromatic carboxylic acids is 1. The topological polar surface area (TPSA) is 119 Å². The summed E-state index contributed by atoms with van der Waals surface area (Å²) in [6.07, 6.45) is 0.877. The fourth-order valence-corrected chi connectivity index (χ4v) is 5.16. The predicted molar refractivity (Wildman–Crippen MR) is 128 cm³/mol. The summed E-state index contributed by atoms with van der Waals surface area (Å²) >= 11 is 6.00. The van der Waals surface area contributed by atoms with E-state index in [9.17, 15) is 23.1 Å². The van der Waals surface area contributed by atoms with Gasteiger partial charge in [0, 0.05) is 38.4 Å². The molecule has 0 saturated carbocycles. The number of piperazine rings is 1. The van der Waals surface area contributed by atoms with Gasteiger partial charge in [0.2, 0.25) is 5.91 Å². The molecule has 1 amide bonds. The number of halogens is 1. The standard InChI is InChI=1S/C22H27ClN4O5S/c1-2-9-24-21(28)15-26-10-12-27(13-11-26)19-8-7-16(14-17(19)22(29)30)25-33(31,32)20-6-4-3-5-18(20)23/h3-8,14,25H,2,9-13,15H2,1H3,(H,24,28)(H,29,30). The van der Waals surface area contributed by atoms with Gasteiger partial charge in [-0.25, -0.2) is 13.2 Å². The molecule has 3 N–H and O–H groups in total. The molecule has 0 unspecified atom stereocenters. The van der Waals surface area contributed by atoms with E-state index in [4.69, 9.17) is 11.6 Å². The number of benzene rings is 2. The van der Waals surface area contributed by atoms with E-state index >= 15 is 0 Å². The second-order valence-electron chi connectivity index (χ2n) is 7.69. The zero-order valence-electron chi connectivity index (χ0n) is 18.3. The summed E-state index contributed by atoms with van der Waals surface area (Å²) in [5.41, 5.74) is 0.615. The number of carbonyl (C=O) groups excluding carboxylic acids is 1. The van der Waals surface area contributed by atoms with Crippen molar-refractivity contribution in [2.45, 2.75) is 18.2 Å². The first-order valence-corrected chi connectivity index (χ1v) is 12.5. The van der Waals surface area contributed by atoms with Crippen LogP contribution in [0.3, 0.4) is 0 Å². The first-order valence-electron chi connectivity index (χ1n) is 10.6. The average molecular weight is 495 g/mol. The quantitative estimate of drug-likeness (QED) is 0.490. The lowest BCUT2D eigenvalue weighted by atomic mass is 10.1. The molecule has 2 aromatic rings. The Kier molecular flexibility index (Phi) is 8.17. The van der Waals surface area contributed by atoms with Crippen molar-refractivity contribution in [1.29, 1.82) is 0 Å². The molecule has 9 nitrogen and oxygen atoms in total. The highest BCUT2D eigenvalue weighted by Crippen LogP contribution is 2.28. The number of carboxylic acid groups (broad SMARTS) is 1. The molecule has 1 heterocycles. The molecule has 1 aliphatic heterocycles. The highest BCUT2D eigenvalue weighted by atomic mass is 35.5. The molecule has 0 radical (unpaired) electrons. The number of hydrogen-bond acceptors (Lipinski definition) is 6. The van der Waals surface area contributed by atoms with Crippen molar-refractivity contribution in [2.24, 2.45) is 0 Å². The first-order chi connectivity index (χ1) is 15.7. The summed E-state index contributed by atoms with van der Waals surface area (Å²) in [7, 11) is -3.98. The van der Waals surface area contributed by atoms with Crippen LogP contribution in [-0.4, -0.2) is 69.6 Å². The normalized spacial score (nSPS) is 14.7. The molecule has 0 aliphatic carbocycles. The van der Waals surface area contributed by atoms with Crippen LogP contribution in [0.15, 0.2) is 47.4 Å². The van der Waals surface area contributed by atoms with Crippen molar-refractivity contribution >= 4 is 44.9 Å². The Morgan fingerprint density at radius 2 is 1.79 bits per heavy atom. The maximum Gasteiger partial charge on any atom is 0.337 e. The maximum absolute atomic E-state index is 12.7. The third-order valence-corrected chi connectivity index (χ3v) is 7.14. The first kappa shape index (κ1) is 24.8. The van der Waals surface area contributed by atoms with E-state index in [0.717, 1.165) is 6.42 Å². The number of nitrogens with one attached hydrogen (secondary N) is 2. The average Bonchev–Trinajstić information content (AvgIpc) is 2.78. The second-order valence-corrected chi connectivity index (χ2v) is 9.74. The summed E-state index contributed by atoms with van der Waals surface area (Å²) in [6, 6.07) is 10.4. The molecule has 0 bridgehead atoms. The largest absolute Gasteiger partial charge is 0.478 e. The smallest absolute Gasteiger partial charge is 0.337 e. The third kappa shape index (κ3) is 6.37. The van der Waals surface area contributed by atoms with Crippen LogP contribution in [0.1, 0.15) is 23.7 Å². The SMILES string of the molecule is CCCNC(=O)CN1CCN(c2ccc(NS(=O)(=O)c3ccccc3Cl)cc2C(=O)O)CC1. The molecule has 11 heteroatoms. The Balaban J connectivity index is 1.72. The summed E-state index contributed by atoms with van der Waals surface area (Å²) in [4.78, 5) is 27.7. The number of hydrogen-bond donors (Lipinski definition) is 3. The van der Waals surface area contributed by atoms with Gasteiger partial charge in [0.15, 0.2) is 0 Å². The lowest BCUT2D eigenvalue weighted by molar-refractivity contribution is -0.122. The maximum atomic E-state index is 12.7. The van der Waals surface area contributed by atoms with E-state index in [1.54, 1.807) is 18.2 Å². The van der Waals surface area contributed by atoms with E-state index in [1.165, 1.54) is 24.3 Å². The highest BCUT2D eigenvalue weighted by Gasteiger charge is 2.24. The molecule has 1 saturated heterocycles. The number of amides is 1. The van der Waals surface area contributed by atoms with Gasteiger partial charge >= 0.3 is 5.97 Å². The van der Waals surface area contributed by atoms with Crippen molar-refractivity contribution in [3.63, 3.8) is 0 Å². The fraction of sp³-hybridized carbons (Fsp3) is 0.364. The summed E-state index contributed by atoms with van der Waals surface area (Å²) in [6.45, 7) is 5.26. The van der Waals surface area contributed by atoms with Crippen LogP contribution in [0.5, 0.6) is 0 Å². The Morgan fingerprint density at radius 1 is 1.09 bits per heavy atom. The number of carbonyl (C=O) groups is 2. The van der Waals surface area contributed by atoms with E-state index < -0.39 is 16.0 Å². The number of anilines is 2. The van der Waals surface area contributed by atoms with Crippen molar-refractivity contribution in [3.05, 3.63) is 53.1 Å². The van der Waals surface area contributed by atoms with Gasteiger partial charge < -0.3 is 15.3 Å². The zero-order chi connectivity index (χ0) is 24.0. The minimum atomic E-state index is -3.98. The summed E-state index contributed by atoms with van der Waals surface area (Å²) in [5.74, 6) is -1.18. The van der Waals surface area contributed by atoms with Gasteiger partial charge in [0.1, 0.15) is 4.90 Å². The van der Waals surface area contributed by atoms with Crippen molar-refractivity contribution in [3.8, 4) is 0 Å². The van der Waals surface area contributed by atoms with Gasteiger partial charge in [-0.15, -0.1) is 0 Å². The summed E-state index contributed by atoms with van der Waals surface area (Å²) < 4.78 is 27.8. The Labute approximate surface area is 198 Å². The summed E-state index contributed by atoms with van der Waals surface area (Å²) in [5, 5.41) is 12.7. The fourth-order valence-electron chi connectivity index (χ4n) is 3.59. The lowest BCUT2D eigenvalue weighted by Gasteiger charge is -2.36. The van der Waals surface area contributed by atoms with Crippen LogP contribution < -0.4 is 14.9 Å². The number of sulfonamides is 1. The molecule has 2 aromatic carbocycles. The van der Waals surface area contributed by atoms with Crippen LogP contribution in [-0.2, 0) is 14.8 Å². The lowest BCUT2D eigenvalue weighted by Crippen LogP contribution is -2.49. The Morgan fingerprint density at radius 3 is 2.42 bits per heavy atom. The van der Waals surface area contributed by atoms with Crippen LogP contribution in [0.4, 0.5) is 11.4 Å². The van der Waals surface area contributed by atoms with Gasteiger partial charge in [-0.3, -0.25) is 14.4 Å². The minimum absolute atomic E-state index is 0.0107. The Bertz CT molecular complexity index is 1120. The Hall–Kier alpha value is -2.82. The molecule has 1 fully saturated rings. The highest BCUT2D eigenvalue weighted by molar-refractivity contribution is 7.92. The molecule has 178 valence electrons. The third-order valence-electron chi connectivity index (χ3n) is 5.26. The number of nitrogens with zero attached hydrogens (tertiary/aromatic N) is 2. The van der Waals surface area contributed by atoms with Gasteiger partial charge in [0.05, 0.1) is 22.8 Å². The van der Waals surface area contributed by atoms with Gasteiger partial charge in [-0.1, -0.05) is 30.7 Å². The zero-order valence-corrected chi connectivity index (χ0v) is 19.8. The molecule has 0 atom stereocenters. The second kappa shape index (κ2) is 10.9. The van der Waals surface area contributed by atoms with Crippen LogP contribution >= 0.6 is 11.6 Å². The van der Waals surface area contributed by atoms with E-state index in [2.05, 4.69) is 10.0 Å². The van der Waals surface area contributed by atoms with Gasteiger partial charge in [-0.05, 0) is 36.8 Å². The van der Waals surface area contributed by atoms with E-state index in [0.29, 0.717) is 45.0 Å². The van der Waals surface area contributed by atoms with Crippen LogP contribution in [0.2, 0.25) is 5.02 Å². The number of carboxylic acids is 1. The monoisotopic (exact) mass is 494 g/mol.